The summed E-state index contributed by atoms with van der Waals surface area (Å²) in [5, 5.41) is 2.59. The Morgan fingerprint density at radius 2 is 0.759 bits per heavy atom. The van der Waals surface area contributed by atoms with E-state index in [9.17, 15) is 0 Å². The third-order valence-electron chi connectivity index (χ3n) is 10.1. The average molecular weight is 736 g/mol. The van der Waals surface area contributed by atoms with E-state index >= 15 is 9.13 Å². The Morgan fingerprint density at radius 1 is 0.370 bits per heavy atom. The van der Waals surface area contributed by atoms with E-state index in [4.69, 9.17) is 15.0 Å². The number of anilines is 4. The average Bonchev–Trinajstić information content (AvgIpc) is 3.25. The molecule has 0 spiro atoms. The summed E-state index contributed by atoms with van der Waals surface area (Å²) in [5.74, 6) is 1.14. The van der Waals surface area contributed by atoms with Crippen LogP contribution in [0.15, 0.2) is 188 Å². The lowest BCUT2D eigenvalue weighted by Crippen LogP contribution is -2.41. The Bertz CT molecular complexity index is 2730. The minimum absolute atomic E-state index is 0.236. The van der Waals surface area contributed by atoms with Gasteiger partial charge >= 0.3 is 0 Å². The van der Waals surface area contributed by atoms with Crippen molar-refractivity contribution in [1.29, 1.82) is 0 Å². The Balaban J connectivity index is 1.34. The quantitative estimate of drug-likeness (QED) is 0.157. The molecule has 2 aliphatic heterocycles. The van der Waals surface area contributed by atoms with Crippen LogP contribution in [0.1, 0.15) is 0 Å². The predicted molar refractivity (Wildman–Crippen MR) is 220 cm³/mol. The highest BCUT2D eigenvalue weighted by Gasteiger charge is 2.52. The largest absolute Gasteiger partial charge is 0.289 e. The standard InChI is InChI=1S/C45H31N5O2P2/c51-53(35-24-12-4-13-25-35)39-30-17-29-38-42(39)41-37(49(53)34-22-10-3-11-23-34)28-16-31-40(41)54(52,36-26-14-5-15-27-36)50(38)45-47-43(32-18-6-1-7-19-32)46-44(48-45)33-20-8-2-9-21-33/h1-31H. The fraction of sp³-hybridized carbons (Fsp3) is 0. The molecule has 2 atom stereocenters. The molecule has 0 saturated carbocycles. The van der Waals surface area contributed by atoms with Gasteiger partial charge in [0, 0.05) is 49.2 Å². The Hall–Kier alpha value is -6.39. The van der Waals surface area contributed by atoms with E-state index in [0.29, 0.717) is 38.6 Å². The number of hydrogen-bond acceptors (Lipinski definition) is 5. The summed E-state index contributed by atoms with van der Waals surface area (Å²) in [7, 11) is -7.44. The molecule has 10 rings (SSSR count). The minimum atomic E-state index is -3.82. The van der Waals surface area contributed by atoms with Gasteiger partial charge in [0.05, 0.1) is 11.4 Å². The molecule has 2 unspecified atom stereocenters. The molecule has 7 nitrogen and oxygen atoms in total. The van der Waals surface area contributed by atoms with Crippen molar-refractivity contribution in [2.75, 3.05) is 9.34 Å². The topological polar surface area (TPSA) is 79.3 Å². The van der Waals surface area contributed by atoms with Gasteiger partial charge < -0.3 is 0 Å². The molecule has 1 aromatic heterocycles. The van der Waals surface area contributed by atoms with Crippen LogP contribution < -0.4 is 30.6 Å². The van der Waals surface area contributed by atoms with E-state index in [-0.39, 0.29) is 5.95 Å². The summed E-state index contributed by atoms with van der Waals surface area (Å²) in [4.78, 5) is 15.2. The predicted octanol–water partition coefficient (Wildman–Crippen LogP) is 9.63. The van der Waals surface area contributed by atoms with Gasteiger partial charge in [0.2, 0.25) is 20.5 Å². The van der Waals surface area contributed by atoms with Gasteiger partial charge in [0.1, 0.15) is 0 Å². The normalized spacial score (nSPS) is 18.2. The van der Waals surface area contributed by atoms with Crippen LogP contribution in [0, 0.1) is 0 Å². The molecule has 9 heteroatoms. The lowest BCUT2D eigenvalue weighted by molar-refractivity contribution is 0.584. The first-order valence-corrected chi connectivity index (χ1v) is 21.0. The number of rotatable bonds is 6. The molecule has 54 heavy (non-hydrogen) atoms. The van der Waals surface area contributed by atoms with Crippen molar-refractivity contribution in [3.63, 3.8) is 0 Å². The zero-order valence-electron chi connectivity index (χ0n) is 28.8. The maximum Gasteiger partial charge on any atom is 0.240 e. The highest BCUT2D eigenvalue weighted by molar-refractivity contribution is 7.82. The maximum atomic E-state index is 16.7. The molecule has 7 aromatic carbocycles. The molecule has 0 fully saturated rings. The van der Waals surface area contributed by atoms with E-state index in [2.05, 4.69) is 0 Å². The molecule has 258 valence electrons. The summed E-state index contributed by atoms with van der Waals surface area (Å²) < 4.78 is 36.9. The van der Waals surface area contributed by atoms with E-state index in [0.717, 1.165) is 33.6 Å². The van der Waals surface area contributed by atoms with Gasteiger partial charge in [-0.1, -0.05) is 127 Å². The molecule has 3 heterocycles. The molecule has 0 radical (unpaired) electrons. The summed E-state index contributed by atoms with van der Waals surface area (Å²) in [6.45, 7) is 0. The molecule has 0 bridgehead atoms. The third-order valence-corrected chi connectivity index (χ3v) is 16.1. The SMILES string of the molecule is O=P1(c2ccccc2)c2cccc3c2-c2c(cccc2P(=O)(c2ccccc2)N3c2nc(-c3ccccc3)nc(-c3ccccc3)n2)N1c1ccccc1. The van der Waals surface area contributed by atoms with Crippen molar-refractivity contribution in [3.05, 3.63) is 188 Å². The maximum absolute atomic E-state index is 16.7. The second kappa shape index (κ2) is 12.6. The van der Waals surface area contributed by atoms with E-state index in [1.54, 1.807) is 4.67 Å². The number of hydrogen-bond donors (Lipinski definition) is 0. The number of nitrogens with zero attached hydrogens (tertiary/aromatic N) is 5. The third kappa shape index (κ3) is 4.79. The highest BCUT2D eigenvalue weighted by atomic mass is 31.2. The van der Waals surface area contributed by atoms with Gasteiger partial charge in [0.25, 0.3) is 0 Å². The fourth-order valence-electron chi connectivity index (χ4n) is 7.71. The summed E-state index contributed by atoms with van der Waals surface area (Å²) in [6.07, 6.45) is 0. The van der Waals surface area contributed by atoms with E-state index in [1.165, 1.54) is 0 Å². The van der Waals surface area contributed by atoms with Crippen LogP contribution in [-0.4, -0.2) is 15.0 Å². The summed E-state index contributed by atoms with van der Waals surface area (Å²) >= 11 is 0. The van der Waals surface area contributed by atoms with Gasteiger partial charge in [0.15, 0.2) is 11.6 Å². The molecule has 2 aliphatic rings. The first-order valence-electron chi connectivity index (χ1n) is 17.7. The van der Waals surface area contributed by atoms with Gasteiger partial charge in [-0.15, -0.1) is 0 Å². The first-order chi connectivity index (χ1) is 26.6. The van der Waals surface area contributed by atoms with Crippen LogP contribution in [0.4, 0.5) is 23.0 Å². The minimum Gasteiger partial charge on any atom is -0.289 e. The zero-order chi connectivity index (χ0) is 36.3. The highest BCUT2D eigenvalue weighted by Crippen LogP contribution is 2.68. The van der Waals surface area contributed by atoms with Gasteiger partial charge in [-0.3, -0.25) is 18.5 Å². The van der Waals surface area contributed by atoms with Crippen molar-refractivity contribution in [2.45, 2.75) is 0 Å². The fourth-order valence-corrected chi connectivity index (χ4v) is 13.7. The van der Waals surface area contributed by atoms with Crippen LogP contribution in [0.3, 0.4) is 0 Å². The number of benzene rings is 7. The Kier molecular flexibility index (Phi) is 7.55. The molecular weight excluding hydrogens is 704 g/mol. The van der Waals surface area contributed by atoms with Crippen molar-refractivity contribution in [1.82, 2.24) is 15.0 Å². The Morgan fingerprint density at radius 3 is 1.22 bits per heavy atom. The number of para-hydroxylation sites is 1. The molecule has 0 saturated heterocycles. The smallest absolute Gasteiger partial charge is 0.240 e. The second-order valence-electron chi connectivity index (χ2n) is 13.1. The van der Waals surface area contributed by atoms with Crippen LogP contribution in [0.2, 0.25) is 0 Å². The molecule has 0 aliphatic carbocycles. The van der Waals surface area contributed by atoms with Crippen molar-refractivity contribution >= 4 is 58.8 Å². The van der Waals surface area contributed by atoms with E-state index < -0.39 is 14.6 Å². The van der Waals surface area contributed by atoms with Crippen LogP contribution in [0.25, 0.3) is 33.9 Å². The zero-order valence-corrected chi connectivity index (χ0v) is 30.6. The van der Waals surface area contributed by atoms with Crippen molar-refractivity contribution in [2.24, 2.45) is 0 Å². The molecular formula is C45H31N5O2P2. The van der Waals surface area contributed by atoms with E-state index in [1.807, 2.05) is 193 Å². The summed E-state index contributed by atoms with van der Waals surface area (Å²) in [5.41, 5.74) is 5.28. The molecule has 0 amide bonds. The van der Waals surface area contributed by atoms with Gasteiger partial charge in [-0.25, -0.2) is 4.98 Å². The monoisotopic (exact) mass is 735 g/mol. The summed E-state index contributed by atoms with van der Waals surface area (Å²) in [6, 6.07) is 60.3. The van der Waals surface area contributed by atoms with Crippen LogP contribution >= 0.6 is 14.6 Å². The number of aromatic nitrogens is 3. The lowest BCUT2D eigenvalue weighted by atomic mass is 10.00. The van der Waals surface area contributed by atoms with Crippen molar-refractivity contribution in [3.8, 4) is 33.9 Å². The first kappa shape index (κ1) is 32.3. The van der Waals surface area contributed by atoms with Crippen LogP contribution in [-0.2, 0) is 9.13 Å². The lowest BCUT2D eigenvalue weighted by Gasteiger charge is -2.46. The molecule has 8 aromatic rings. The van der Waals surface area contributed by atoms with Gasteiger partial charge in [-0.2, -0.15) is 9.97 Å². The molecule has 0 N–H and O–H groups in total. The van der Waals surface area contributed by atoms with Crippen LogP contribution in [0.5, 0.6) is 0 Å². The van der Waals surface area contributed by atoms with Crippen molar-refractivity contribution < 1.29 is 9.13 Å². The van der Waals surface area contributed by atoms with Gasteiger partial charge in [-0.05, 0) is 60.7 Å². The second-order valence-corrected chi connectivity index (χ2v) is 18.2. The Labute approximate surface area is 313 Å².